The van der Waals surface area contributed by atoms with Crippen LogP contribution in [0.4, 0.5) is 0 Å². The second-order valence-corrected chi connectivity index (χ2v) is 6.54. The molecular formula is C15H30O3Si. The highest BCUT2D eigenvalue weighted by Gasteiger charge is 2.08. The van der Waals surface area contributed by atoms with Gasteiger partial charge in [0, 0.05) is 0 Å². The third kappa shape index (κ3) is 13.8. The van der Waals surface area contributed by atoms with Gasteiger partial charge >= 0.3 is 0 Å². The second kappa shape index (κ2) is 12.6. The molecule has 0 aromatic carbocycles. The smallest absolute Gasteiger partial charge is 0.262 e. The summed E-state index contributed by atoms with van der Waals surface area (Å²) in [5.41, 5.74) is 2.48. The van der Waals surface area contributed by atoms with Crippen LogP contribution in [-0.4, -0.2) is 29.5 Å². The van der Waals surface area contributed by atoms with Gasteiger partial charge in [-0.2, -0.15) is 0 Å². The SMILES string of the molecule is CCCC[SiH2]OC(OCC=C(C)C)OCC=C(C)C. The van der Waals surface area contributed by atoms with E-state index in [0.29, 0.717) is 13.2 Å². The highest BCUT2D eigenvalue weighted by molar-refractivity contribution is 6.27. The Bertz CT molecular complexity index is 245. The minimum Gasteiger partial charge on any atom is -0.379 e. The molecule has 3 nitrogen and oxygen atoms in total. The third-order valence-electron chi connectivity index (χ3n) is 2.45. The van der Waals surface area contributed by atoms with Crippen molar-refractivity contribution in [1.29, 1.82) is 0 Å². The maximum Gasteiger partial charge on any atom is 0.262 e. The first kappa shape index (κ1) is 18.6. The number of unbranched alkanes of at least 4 members (excludes halogenated alkanes) is 1. The fraction of sp³-hybridized carbons (Fsp3) is 0.733. The van der Waals surface area contributed by atoms with Crippen LogP contribution in [0.25, 0.3) is 0 Å². The molecule has 0 amide bonds. The van der Waals surface area contributed by atoms with Gasteiger partial charge in [-0.15, -0.1) is 0 Å². The first-order valence-electron chi connectivity index (χ1n) is 7.17. The van der Waals surface area contributed by atoms with Gasteiger partial charge in [-0.1, -0.05) is 43.1 Å². The van der Waals surface area contributed by atoms with E-state index in [1.165, 1.54) is 30.0 Å². The molecule has 0 radical (unpaired) electrons. The van der Waals surface area contributed by atoms with Gasteiger partial charge in [-0.3, -0.25) is 0 Å². The van der Waals surface area contributed by atoms with Crippen LogP contribution in [0, 0.1) is 0 Å². The van der Waals surface area contributed by atoms with Crippen molar-refractivity contribution in [2.24, 2.45) is 0 Å². The van der Waals surface area contributed by atoms with Gasteiger partial charge in [0.1, 0.15) is 0 Å². The second-order valence-electron chi connectivity index (χ2n) is 5.10. The lowest BCUT2D eigenvalue weighted by molar-refractivity contribution is -0.237. The summed E-state index contributed by atoms with van der Waals surface area (Å²) in [4.78, 5) is 0. The maximum atomic E-state index is 5.74. The van der Waals surface area contributed by atoms with Crippen LogP contribution in [0.3, 0.4) is 0 Å². The van der Waals surface area contributed by atoms with Gasteiger partial charge < -0.3 is 13.9 Å². The molecule has 0 rings (SSSR count). The van der Waals surface area contributed by atoms with Crippen LogP contribution in [0.15, 0.2) is 23.3 Å². The fourth-order valence-corrected chi connectivity index (χ4v) is 2.52. The molecule has 0 saturated heterocycles. The monoisotopic (exact) mass is 286 g/mol. The van der Waals surface area contributed by atoms with Gasteiger partial charge in [-0.05, 0) is 33.7 Å². The highest BCUT2D eigenvalue weighted by Crippen LogP contribution is 2.03. The third-order valence-corrected chi connectivity index (χ3v) is 3.75. The van der Waals surface area contributed by atoms with E-state index in [4.69, 9.17) is 13.9 Å². The number of rotatable bonds is 11. The first-order chi connectivity index (χ1) is 9.06. The summed E-state index contributed by atoms with van der Waals surface area (Å²) >= 11 is 0. The molecule has 0 atom stereocenters. The van der Waals surface area contributed by atoms with E-state index in [0.717, 1.165) is 0 Å². The van der Waals surface area contributed by atoms with E-state index in [2.05, 4.69) is 34.6 Å². The van der Waals surface area contributed by atoms with Crippen molar-refractivity contribution < 1.29 is 13.9 Å². The highest BCUT2D eigenvalue weighted by atomic mass is 28.2. The molecule has 0 saturated carbocycles. The minimum atomic E-state index is -0.533. The van der Waals surface area contributed by atoms with Crippen molar-refractivity contribution in [2.45, 2.75) is 60.0 Å². The minimum absolute atomic E-state index is 0.505. The lowest BCUT2D eigenvalue weighted by Gasteiger charge is -2.18. The number of ether oxygens (including phenoxy) is 2. The lowest BCUT2D eigenvalue weighted by Crippen LogP contribution is -2.23. The quantitative estimate of drug-likeness (QED) is 0.252. The Hall–Kier alpha value is -0.423. The van der Waals surface area contributed by atoms with Crippen molar-refractivity contribution >= 4 is 9.76 Å². The largest absolute Gasteiger partial charge is 0.379 e. The predicted octanol–water partition coefficient (Wildman–Crippen LogP) is 3.55. The zero-order valence-electron chi connectivity index (χ0n) is 13.2. The Kier molecular flexibility index (Phi) is 12.3. The molecule has 0 heterocycles. The van der Waals surface area contributed by atoms with E-state index < -0.39 is 16.2 Å². The molecular weight excluding hydrogens is 256 g/mol. The molecule has 0 fully saturated rings. The van der Waals surface area contributed by atoms with Crippen LogP contribution in [0.1, 0.15) is 47.5 Å². The molecule has 0 aliphatic heterocycles. The van der Waals surface area contributed by atoms with E-state index in [1.54, 1.807) is 0 Å². The standard InChI is InChI=1S/C15H30O3Si/c1-6-7-12-19-18-15(16-10-8-13(2)3)17-11-9-14(4)5/h8-9,15H,6-7,10-12,19H2,1-5H3. The van der Waals surface area contributed by atoms with Crippen LogP contribution in [0.5, 0.6) is 0 Å². The van der Waals surface area contributed by atoms with Crippen LogP contribution < -0.4 is 0 Å². The van der Waals surface area contributed by atoms with Crippen molar-refractivity contribution in [1.82, 2.24) is 0 Å². The Morgan fingerprint density at radius 1 is 1.00 bits per heavy atom. The van der Waals surface area contributed by atoms with Gasteiger partial charge in [0.2, 0.25) is 0 Å². The normalized spacial score (nSPS) is 11.3. The lowest BCUT2D eigenvalue weighted by atomic mass is 10.3. The summed E-state index contributed by atoms with van der Waals surface area (Å²) in [6, 6.07) is 1.19. The number of hydrogen-bond acceptors (Lipinski definition) is 3. The van der Waals surface area contributed by atoms with E-state index in [1.807, 2.05) is 12.2 Å². The van der Waals surface area contributed by atoms with E-state index in [9.17, 15) is 0 Å². The summed E-state index contributed by atoms with van der Waals surface area (Å²) < 4.78 is 16.9. The van der Waals surface area contributed by atoms with Crippen molar-refractivity contribution in [3.8, 4) is 0 Å². The average Bonchev–Trinajstić information content (AvgIpc) is 2.33. The van der Waals surface area contributed by atoms with Gasteiger partial charge in [0.15, 0.2) is 9.76 Å². The van der Waals surface area contributed by atoms with E-state index in [-0.39, 0.29) is 0 Å². The van der Waals surface area contributed by atoms with Gasteiger partial charge in [0.05, 0.1) is 13.2 Å². The van der Waals surface area contributed by atoms with Crippen LogP contribution >= 0.6 is 0 Å². The first-order valence-corrected chi connectivity index (χ1v) is 8.75. The molecule has 0 bridgehead atoms. The molecule has 0 aliphatic rings. The maximum absolute atomic E-state index is 5.74. The predicted molar refractivity (Wildman–Crippen MR) is 83.9 cm³/mol. The average molecular weight is 286 g/mol. The zero-order chi connectivity index (χ0) is 14.5. The summed E-state index contributed by atoms with van der Waals surface area (Å²) in [7, 11) is -0.533. The summed E-state index contributed by atoms with van der Waals surface area (Å²) in [5.74, 6) is 0. The van der Waals surface area contributed by atoms with Crippen LogP contribution in [-0.2, 0) is 13.9 Å². The molecule has 0 spiro atoms. The summed E-state index contributed by atoms with van der Waals surface area (Å²) in [5, 5.41) is 0. The Labute approximate surface area is 121 Å². The Morgan fingerprint density at radius 2 is 1.53 bits per heavy atom. The fourth-order valence-electron chi connectivity index (χ4n) is 1.26. The van der Waals surface area contributed by atoms with E-state index >= 15 is 0 Å². The number of hydrogen-bond donors (Lipinski definition) is 0. The molecule has 0 aromatic rings. The Morgan fingerprint density at radius 3 is 1.95 bits per heavy atom. The zero-order valence-corrected chi connectivity index (χ0v) is 14.6. The van der Waals surface area contributed by atoms with Crippen molar-refractivity contribution in [3.63, 3.8) is 0 Å². The topological polar surface area (TPSA) is 27.7 Å². The van der Waals surface area contributed by atoms with Crippen molar-refractivity contribution in [3.05, 3.63) is 23.3 Å². The molecule has 112 valence electrons. The Balaban J connectivity index is 3.99. The molecule has 19 heavy (non-hydrogen) atoms. The summed E-state index contributed by atoms with van der Waals surface area (Å²) in [6.45, 7) is 11.0. The van der Waals surface area contributed by atoms with Gasteiger partial charge in [0.25, 0.3) is 6.48 Å². The van der Waals surface area contributed by atoms with Crippen molar-refractivity contribution in [2.75, 3.05) is 13.2 Å². The molecule has 0 aromatic heterocycles. The molecule has 0 aliphatic carbocycles. The molecule has 0 N–H and O–H groups in total. The molecule has 0 unspecified atom stereocenters. The van der Waals surface area contributed by atoms with Gasteiger partial charge in [-0.25, -0.2) is 0 Å². The molecule has 4 heteroatoms. The van der Waals surface area contributed by atoms with Crippen LogP contribution in [0.2, 0.25) is 6.04 Å². The number of allylic oxidation sites excluding steroid dienone is 2. The summed E-state index contributed by atoms with van der Waals surface area (Å²) in [6.07, 6.45) is 6.53.